The van der Waals surface area contributed by atoms with E-state index < -0.39 is 0 Å². The van der Waals surface area contributed by atoms with E-state index in [-0.39, 0.29) is 17.0 Å². The Labute approximate surface area is 110 Å². The lowest BCUT2D eigenvalue weighted by Gasteiger charge is -2.30. The Kier molecular flexibility index (Phi) is 2.99. The molecule has 0 aliphatic heterocycles. The van der Waals surface area contributed by atoms with E-state index in [0.29, 0.717) is 6.42 Å². The second-order valence-electron chi connectivity index (χ2n) is 6.62. The average Bonchev–Trinajstić information content (AvgIpc) is 3.04. The largest absolute Gasteiger partial charge is 0.459 e. The van der Waals surface area contributed by atoms with Crippen LogP contribution in [0.25, 0.3) is 0 Å². The first kappa shape index (κ1) is 12.3. The van der Waals surface area contributed by atoms with Crippen molar-refractivity contribution in [2.24, 2.45) is 11.3 Å². The quantitative estimate of drug-likeness (QED) is 0.555. The molecule has 2 heteroatoms. The molecule has 2 fully saturated rings. The Morgan fingerprint density at radius 1 is 1.33 bits per heavy atom. The summed E-state index contributed by atoms with van der Waals surface area (Å²) in [5.41, 5.74) is 0.0450. The zero-order chi connectivity index (χ0) is 12.6. The molecular formula is C16H24O2. The molecule has 0 aromatic rings. The van der Waals surface area contributed by atoms with Gasteiger partial charge in [0.05, 0.1) is 6.42 Å². The van der Waals surface area contributed by atoms with Crippen LogP contribution < -0.4 is 0 Å². The minimum Gasteiger partial charge on any atom is -0.459 e. The minimum absolute atomic E-state index is 0.0472. The predicted octanol–water partition coefficient (Wildman–Crippen LogP) is 4.00. The van der Waals surface area contributed by atoms with Gasteiger partial charge in [0.25, 0.3) is 0 Å². The fraction of sp³-hybridized carbons (Fsp3) is 0.812. The maximum atomic E-state index is 12.2. The van der Waals surface area contributed by atoms with Crippen molar-refractivity contribution in [1.82, 2.24) is 0 Å². The molecule has 0 N–H and O–H groups in total. The van der Waals surface area contributed by atoms with Crippen LogP contribution in [-0.2, 0) is 9.53 Å². The molecule has 2 saturated carbocycles. The van der Waals surface area contributed by atoms with Gasteiger partial charge in [0, 0.05) is 0 Å². The minimum atomic E-state index is -0.117. The van der Waals surface area contributed by atoms with Crippen molar-refractivity contribution in [3.05, 3.63) is 12.2 Å². The maximum Gasteiger partial charge on any atom is 0.307 e. The Balaban J connectivity index is 1.60. The monoisotopic (exact) mass is 248 g/mol. The molecule has 2 bridgehead atoms. The molecule has 3 rings (SSSR count). The number of carbonyl (C=O) groups is 1. The first-order valence-corrected chi connectivity index (χ1v) is 7.57. The van der Waals surface area contributed by atoms with Crippen LogP contribution >= 0.6 is 0 Å². The standard InChI is InChI=1S/C16H24O2/c1-2-16(7-3-4-8-16)18-14(17)12-15-9-5-13(11-15)6-10-15/h5,9,13H,2-4,6-8,10-12H2,1H3. The molecule has 0 aromatic heterocycles. The summed E-state index contributed by atoms with van der Waals surface area (Å²) in [6.07, 6.45) is 14.4. The molecule has 100 valence electrons. The molecule has 3 aliphatic rings. The van der Waals surface area contributed by atoms with Gasteiger partial charge in [-0.2, -0.15) is 0 Å². The number of carbonyl (C=O) groups excluding carboxylic acids is 1. The number of fused-ring (bicyclic) bond motifs is 2. The van der Waals surface area contributed by atoms with Crippen LogP contribution in [0.4, 0.5) is 0 Å². The topological polar surface area (TPSA) is 26.3 Å². The molecule has 0 saturated heterocycles. The van der Waals surface area contributed by atoms with Crippen molar-refractivity contribution >= 4 is 5.97 Å². The van der Waals surface area contributed by atoms with Gasteiger partial charge in [0.15, 0.2) is 0 Å². The van der Waals surface area contributed by atoms with E-state index in [1.54, 1.807) is 0 Å². The van der Waals surface area contributed by atoms with Gasteiger partial charge >= 0.3 is 5.97 Å². The van der Waals surface area contributed by atoms with Gasteiger partial charge in [0.1, 0.15) is 5.60 Å². The smallest absolute Gasteiger partial charge is 0.307 e. The number of hydrogen-bond acceptors (Lipinski definition) is 2. The van der Waals surface area contributed by atoms with Crippen molar-refractivity contribution < 1.29 is 9.53 Å². The first-order valence-electron chi connectivity index (χ1n) is 7.57. The van der Waals surface area contributed by atoms with Gasteiger partial charge in [-0.1, -0.05) is 19.1 Å². The van der Waals surface area contributed by atoms with Crippen LogP contribution in [0.1, 0.15) is 64.7 Å². The highest BCUT2D eigenvalue weighted by molar-refractivity contribution is 5.71. The summed E-state index contributed by atoms with van der Waals surface area (Å²) < 4.78 is 5.88. The summed E-state index contributed by atoms with van der Waals surface area (Å²) in [6.45, 7) is 2.15. The summed E-state index contributed by atoms with van der Waals surface area (Å²) in [6, 6.07) is 0. The normalized spacial score (nSPS) is 36.2. The highest BCUT2D eigenvalue weighted by atomic mass is 16.6. The van der Waals surface area contributed by atoms with Crippen LogP contribution in [0.2, 0.25) is 0 Å². The lowest BCUT2D eigenvalue weighted by molar-refractivity contribution is -0.161. The highest BCUT2D eigenvalue weighted by Crippen LogP contribution is 2.51. The van der Waals surface area contributed by atoms with Crippen LogP contribution in [-0.4, -0.2) is 11.6 Å². The Hall–Kier alpha value is -0.790. The molecule has 2 nitrogen and oxygen atoms in total. The summed E-state index contributed by atoms with van der Waals surface area (Å²) in [5, 5.41) is 0. The van der Waals surface area contributed by atoms with Crippen LogP contribution in [0.5, 0.6) is 0 Å². The average molecular weight is 248 g/mol. The molecule has 2 atom stereocenters. The molecule has 18 heavy (non-hydrogen) atoms. The Morgan fingerprint density at radius 3 is 2.61 bits per heavy atom. The van der Waals surface area contributed by atoms with Gasteiger partial charge in [-0.3, -0.25) is 4.79 Å². The van der Waals surface area contributed by atoms with Crippen LogP contribution in [0.3, 0.4) is 0 Å². The maximum absolute atomic E-state index is 12.2. The molecule has 0 aromatic carbocycles. The third kappa shape index (κ3) is 2.10. The molecule has 0 spiro atoms. The number of hydrogen-bond donors (Lipinski definition) is 0. The van der Waals surface area contributed by atoms with Gasteiger partial charge < -0.3 is 4.74 Å². The number of allylic oxidation sites excluding steroid dienone is 2. The van der Waals surface area contributed by atoms with E-state index in [9.17, 15) is 4.79 Å². The fourth-order valence-corrected chi connectivity index (χ4v) is 4.19. The Morgan fingerprint density at radius 2 is 2.11 bits per heavy atom. The van der Waals surface area contributed by atoms with Crippen molar-refractivity contribution in [3.8, 4) is 0 Å². The zero-order valence-corrected chi connectivity index (χ0v) is 11.4. The highest BCUT2D eigenvalue weighted by Gasteiger charge is 2.44. The number of ether oxygens (including phenoxy) is 1. The summed E-state index contributed by atoms with van der Waals surface area (Å²) >= 11 is 0. The Bertz CT molecular complexity index is 365. The van der Waals surface area contributed by atoms with Gasteiger partial charge in [-0.25, -0.2) is 0 Å². The van der Waals surface area contributed by atoms with Gasteiger partial charge in [-0.15, -0.1) is 0 Å². The van der Waals surface area contributed by atoms with Gasteiger partial charge in [-0.05, 0) is 62.7 Å². The van der Waals surface area contributed by atoms with Crippen LogP contribution in [0, 0.1) is 11.3 Å². The van der Waals surface area contributed by atoms with Crippen molar-refractivity contribution in [3.63, 3.8) is 0 Å². The van der Waals surface area contributed by atoms with E-state index in [0.717, 1.165) is 25.2 Å². The van der Waals surface area contributed by atoms with E-state index in [1.165, 1.54) is 32.1 Å². The lowest BCUT2D eigenvalue weighted by Crippen LogP contribution is -2.33. The fourth-order valence-electron chi connectivity index (χ4n) is 4.19. The van der Waals surface area contributed by atoms with E-state index in [4.69, 9.17) is 4.74 Å². The van der Waals surface area contributed by atoms with E-state index in [2.05, 4.69) is 19.1 Å². The second-order valence-corrected chi connectivity index (χ2v) is 6.62. The van der Waals surface area contributed by atoms with Crippen molar-refractivity contribution in [1.29, 1.82) is 0 Å². The van der Waals surface area contributed by atoms with E-state index >= 15 is 0 Å². The first-order chi connectivity index (χ1) is 8.65. The molecule has 0 radical (unpaired) electrons. The third-order valence-electron chi connectivity index (χ3n) is 5.39. The van der Waals surface area contributed by atoms with Crippen molar-refractivity contribution in [2.45, 2.75) is 70.3 Å². The predicted molar refractivity (Wildman–Crippen MR) is 71.1 cm³/mol. The summed E-state index contributed by atoms with van der Waals surface area (Å²) in [4.78, 5) is 12.2. The number of esters is 1. The summed E-state index contributed by atoms with van der Waals surface area (Å²) in [7, 11) is 0. The van der Waals surface area contributed by atoms with Gasteiger partial charge in [0.2, 0.25) is 0 Å². The molecule has 3 aliphatic carbocycles. The molecule has 0 heterocycles. The van der Waals surface area contributed by atoms with Crippen molar-refractivity contribution in [2.75, 3.05) is 0 Å². The third-order valence-corrected chi connectivity index (χ3v) is 5.39. The number of rotatable bonds is 4. The summed E-state index contributed by atoms with van der Waals surface area (Å²) in [5.74, 6) is 0.787. The van der Waals surface area contributed by atoms with E-state index in [1.807, 2.05) is 0 Å². The molecule has 2 unspecified atom stereocenters. The molecular weight excluding hydrogens is 224 g/mol. The molecule has 0 amide bonds. The second kappa shape index (κ2) is 4.40. The zero-order valence-electron chi connectivity index (χ0n) is 11.4. The lowest BCUT2D eigenvalue weighted by atomic mass is 9.84. The van der Waals surface area contributed by atoms with Crippen LogP contribution in [0.15, 0.2) is 12.2 Å². The SMILES string of the molecule is CCC1(OC(=O)CC23C=CC(CC2)C3)CCCC1.